The normalized spacial score (nSPS) is 9.87. The molecule has 3 nitrogen and oxygen atoms in total. The molecule has 0 radical (unpaired) electrons. The summed E-state index contributed by atoms with van der Waals surface area (Å²) in [6, 6.07) is 4.18. The molecule has 0 aliphatic rings. The highest BCUT2D eigenvalue weighted by Gasteiger charge is 2.18. The second-order valence-electron chi connectivity index (χ2n) is 3.02. The van der Waals surface area contributed by atoms with Crippen molar-refractivity contribution < 1.29 is 14.0 Å². The number of likely N-dealkylation sites (N-methyl/N-ethyl adjacent to an activating group) is 1. The maximum Gasteiger partial charge on any atom is 0.293 e. The van der Waals surface area contributed by atoms with Crippen LogP contribution in [0.25, 0.3) is 0 Å². The van der Waals surface area contributed by atoms with Crippen molar-refractivity contribution in [2.75, 3.05) is 11.9 Å². The van der Waals surface area contributed by atoms with Crippen LogP contribution in [0.1, 0.15) is 6.92 Å². The molecule has 0 spiro atoms. The summed E-state index contributed by atoms with van der Waals surface area (Å²) in [5.41, 5.74) is 0.0737. The Morgan fingerprint density at radius 3 is 2.53 bits per heavy atom. The van der Waals surface area contributed by atoms with Crippen LogP contribution in [-0.4, -0.2) is 18.7 Å². The van der Waals surface area contributed by atoms with Crippen LogP contribution in [0.5, 0.6) is 0 Å². The molecule has 0 bridgehead atoms. The van der Waals surface area contributed by atoms with Gasteiger partial charge in [-0.05, 0) is 18.2 Å². The molecule has 15 heavy (non-hydrogen) atoms. The second kappa shape index (κ2) is 4.53. The molecule has 1 aromatic carbocycles. The maximum atomic E-state index is 13.3. The topological polar surface area (TPSA) is 37.4 Å². The Balaban J connectivity index is 3.10. The predicted molar refractivity (Wildman–Crippen MR) is 58.2 cm³/mol. The zero-order valence-corrected chi connectivity index (χ0v) is 9.84. The van der Waals surface area contributed by atoms with Crippen molar-refractivity contribution >= 4 is 33.3 Å². The zero-order chi connectivity index (χ0) is 11.6. The van der Waals surface area contributed by atoms with Gasteiger partial charge in [0.05, 0.1) is 5.69 Å². The van der Waals surface area contributed by atoms with Gasteiger partial charge in [0.1, 0.15) is 5.82 Å². The highest BCUT2D eigenvalue weighted by atomic mass is 79.9. The quantitative estimate of drug-likeness (QED) is 0.775. The van der Waals surface area contributed by atoms with E-state index in [-0.39, 0.29) is 5.69 Å². The fourth-order valence-electron chi connectivity index (χ4n) is 1.09. The Bertz CT molecular complexity index is 420. The number of rotatable bonds is 2. The van der Waals surface area contributed by atoms with Gasteiger partial charge in [0.2, 0.25) is 5.78 Å². The summed E-state index contributed by atoms with van der Waals surface area (Å²) >= 11 is 3.16. The predicted octanol–water partition coefficient (Wildman–Crippen LogP) is 2.14. The highest BCUT2D eigenvalue weighted by molar-refractivity contribution is 9.10. The molecule has 5 heteroatoms. The van der Waals surface area contributed by atoms with E-state index in [2.05, 4.69) is 15.9 Å². The van der Waals surface area contributed by atoms with Crippen molar-refractivity contribution in [3.05, 3.63) is 28.5 Å². The van der Waals surface area contributed by atoms with Crippen LogP contribution in [-0.2, 0) is 9.59 Å². The van der Waals surface area contributed by atoms with Crippen LogP contribution >= 0.6 is 15.9 Å². The number of Topliss-reactive ketones (excluding diaryl/α,β-unsaturated/α-hetero) is 1. The van der Waals surface area contributed by atoms with E-state index in [9.17, 15) is 14.0 Å². The minimum Gasteiger partial charge on any atom is -0.306 e. The summed E-state index contributed by atoms with van der Waals surface area (Å²) in [5.74, 6) is -1.92. The first-order chi connectivity index (χ1) is 6.93. The summed E-state index contributed by atoms with van der Waals surface area (Å²) in [6.45, 7) is 1.15. The van der Waals surface area contributed by atoms with E-state index in [1.54, 1.807) is 0 Å². The summed E-state index contributed by atoms with van der Waals surface area (Å²) < 4.78 is 14.0. The fraction of sp³-hybridized carbons (Fsp3) is 0.200. The van der Waals surface area contributed by atoms with Gasteiger partial charge >= 0.3 is 0 Å². The van der Waals surface area contributed by atoms with Crippen LogP contribution in [0.15, 0.2) is 22.7 Å². The second-order valence-corrected chi connectivity index (χ2v) is 3.93. The third-order valence-electron chi connectivity index (χ3n) is 1.88. The molecule has 0 aliphatic heterocycles. The van der Waals surface area contributed by atoms with E-state index in [4.69, 9.17) is 0 Å². The number of nitrogens with zero attached hydrogens (tertiary/aromatic N) is 1. The van der Waals surface area contributed by atoms with Gasteiger partial charge in [-0.3, -0.25) is 9.59 Å². The number of hydrogen-bond donors (Lipinski definition) is 0. The number of hydrogen-bond acceptors (Lipinski definition) is 2. The van der Waals surface area contributed by atoms with E-state index in [0.717, 1.165) is 11.8 Å². The lowest BCUT2D eigenvalue weighted by atomic mass is 10.2. The summed E-state index contributed by atoms with van der Waals surface area (Å²) in [7, 11) is 1.36. The summed E-state index contributed by atoms with van der Waals surface area (Å²) in [5, 5.41) is 0. The zero-order valence-electron chi connectivity index (χ0n) is 8.25. The van der Waals surface area contributed by atoms with Crippen molar-refractivity contribution in [3.63, 3.8) is 0 Å². The third kappa shape index (κ3) is 2.62. The van der Waals surface area contributed by atoms with Gasteiger partial charge in [-0.1, -0.05) is 15.9 Å². The number of benzene rings is 1. The minimum atomic E-state index is -0.744. The van der Waals surface area contributed by atoms with Gasteiger partial charge in [-0.25, -0.2) is 4.39 Å². The van der Waals surface area contributed by atoms with Crippen molar-refractivity contribution in [2.24, 2.45) is 0 Å². The Morgan fingerprint density at radius 1 is 1.40 bits per heavy atom. The first-order valence-corrected chi connectivity index (χ1v) is 4.96. The van der Waals surface area contributed by atoms with Crippen molar-refractivity contribution in [1.29, 1.82) is 0 Å². The molecule has 0 saturated carbocycles. The molecule has 1 amide bonds. The van der Waals surface area contributed by atoms with E-state index in [1.807, 2.05) is 0 Å². The third-order valence-corrected chi connectivity index (χ3v) is 2.37. The molecular formula is C10H9BrFNO2. The first kappa shape index (κ1) is 11.8. The number of anilines is 1. The Hall–Kier alpha value is -1.23. The summed E-state index contributed by atoms with van der Waals surface area (Å²) in [4.78, 5) is 23.1. The van der Waals surface area contributed by atoms with Gasteiger partial charge in [0.15, 0.2) is 0 Å². The number of amides is 1. The standard InChI is InChI=1S/C10H9BrFNO2/c1-6(14)10(15)13(2)9-5-7(11)3-4-8(9)12/h3-5H,1-2H3. The minimum absolute atomic E-state index is 0.0737. The van der Waals surface area contributed by atoms with Gasteiger partial charge in [-0.15, -0.1) is 0 Å². The molecule has 0 N–H and O–H groups in total. The Kier molecular flexibility index (Phi) is 3.57. The maximum absolute atomic E-state index is 13.3. The molecule has 0 saturated heterocycles. The Morgan fingerprint density at radius 2 is 2.00 bits per heavy atom. The molecule has 0 atom stereocenters. The van der Waals surface area contributed by atoms with Crippen LogP contribution in [0.4, 0.5) is 10.1 Å². The lowest BCUT2D eigenvalue weighted by Crippen LogP contribution is -2.32. The molecule has 1 aromatic rings. The monoisotopic (exact) mass is 273 g/mol. The SMILES string of the molecule is CC(=O)C(=O)N(C)c1cc(Br)ccc1F. The molecule has 1 rings (SSSR count). The average molecular weight is 274 g/mol. The number of carbonyl (C=O) groups excluding carboxylic acids is 2. The van der Waals surface area contributed by atoms with Gasteiger partial charge in [0, 0.05) is 18.4 Å². The fourth-order valence-corrected chi connectivity index (χ4v) is 1.44. The van der Waals surface area contributed by atoms with Crippen LogP contribution in [0.3, 0.4) is 0 Å². The van der Waals surface area contributed by atoms with Gasteiger partial charge < -0.3 is 4.90 Å². The molecule has 0 fully saturated rings. The van der Waals surface area contributed by atoms with Gasteiger partial charge in [0.25, 0.3) is 5.91 Å². The molecular weight excluding hydrogens is 265 g/mol. The van der Waals surface area contributed by atoms with E-state index < -0.39 is 17.5 Å². The van der Waals surface area contributed by atoms with Crippen LogP contribution < -0.4 is 4.90 Å². The smallest absolute Gasteiger partial charge is 0.293 e. The average Bonchev–Trinajstić information content (AvgIpc) is 2.19. The van der Waals surface area contributed by atoms with Crippen LogP contribution in [0.2, 0.25) is 0 Å². The van der Waals surface area contributed by atoms with E-state index >= 15 is 0 Å². The molecule has 80 valence electrons. The van der Waals surface area contributed by atoms with Crippen molar-refractivity contribution in [1.82, 2.24) is 0 Å². The summed E-state index contributed by atoms with van der Waals surface area (Å²) in [6.07, 6.45) is 0. The molecule has 0 aliphatic carbocycles. The largest absolute Gasteiger partial charge is 0.306 e. The molecule has 0 aromatic heterocycles. The van der Waals surface area contributed by atoms with E-state index in [1.165, 1.54) is 25.2 Å². The van der Waals surface area contributed by atoms with E-state index in [0.29, 0.717) is 4.47 Å². The number of halogens is 2. The Labute approximate surface area is 95.0 Å². The molecule has 0 heterocycles. The first-order valence-electron chi connectivity index (χ1n) is 4.17. The molecule has 0 unspecified atom stereocenters. The number of carbonyl (C=O) groups is 2. The van der Waals surface area contributed by atoms with Crippen molar-refractivity contribution in [2.45, 2.75) is 6.92 Å². The van der Waals surface area contributed by atoms with Crippen LogP contribution in [0, 0.1) is 5.82 Å². The van der Waals surface area contributed by atoms with Crippen molar-refractivity contribution in [3.8, 4) is 0 Å². The van der Waals surface area contributed by atoms with Gasteiger partial charge in [-0.2, -0.15) is 0 Å². The lowest BCUT2D eigenvalue weighted by molar-refractivity contribution is -0.134. The highest BCUT2D eigenvalue weighted by Crippen LogP contribution is 2.23. The lowest BCUT2D eigenvalue weighted by Gasteiger charge is -2.16. The number of ketones is 1.